The third-order valence-corrected chi connectivity index (χ3v) is 4.28. The zero-order valence-electron chi connectivity index (χ0n) is 13.7. The second-order valence-corrected chi connectivity index (χ2v) is 6.16. The van der Waals surface area contributed by atoms with E-state index in [0.717, 1.165) is 19.3 Å². The topological polar surface area (TPSA) is 55.6 Å². The van der Waals surface area contributed by atoms with Gasteiger partial charge in [-0.2, -0.15) is 0 Å². The molecule has 0 bridgehead atoms. The molecule has 2 unspecified atom stereocenters. The standard InChI is InChI=1S/C17H23F3N2O2/c1-12(21)14-7-4-5-11-22(14)16(23)10-9-13-6-2-3-8-15(13)24-17(18,19)20/h2-3,6,8,12,14H,4-5,7,9-11,21H2,1H3. The van der Waals surface area contributed by atoms with Crippen molar-refractivity contribution in [3.05, 3.63) is 29.8 Å². The minimum Gasteiger partial charge on any atom is -0.406 e. The molecular formula is C17H23F3N2O2. The van der Waals surface area contributed by atoms with Crippen molar-refractivity contribution in [1.29, 1.82) is 0 Å². The normalized spacial score (nSPS) is 19.9. The molecule has 1 heterocycles. The number of amides is 1. The lowest BCUT2D eigenvalue weighted by molar-refractivity contribution is -0.274. The Balaban J connectivity index is 2.01. The van der Waals surface area contributed by atoms with Crippen molar-refractivity contribution in [2.45, 2.75) is 57.5 Å². The number of nitrogens with two attached hydrogens (primary N) is 1. The highest BCUT2D eigenvalue weighted by Gasteiger charge is 2.32. The summed E-state index contributed by atoms with van der Waals surface area (Å²) in [5, 5.41) is 0. The van der Waals surface area contributed by atoms with Crippen LogP contribution in [0.1, 0.15) is 38.2 Å². The number of carbonyl (C=O) groups is 1. The van der Waals surface area contributed by atoms with Gasteiger partial charge in [0.1, 0.15) is 5.75 Å². The Morgan fingerprint density at radius 2 is 2.08 bits per heavy atom. The zero-order valence-corrected chi connectivity index (χ0v) is 13.7. The van der Waals surface area contributed by atoms with Gasteiger partial charge in [-0.1, -0.05) is 18.2 Å². The fourth-order valence-electron chi connectivity index (χ4n) is 3.13. The summed E-state index contributed by atoms with van der Waals surface area (Å²) in [7, 11) is 0. The SMILES string of the molecule is CC(N)C1CCCCN1C(=O)CCc1ccccc1OC(F)(F)F. The Hall–Kier alpha value is -1.76. The number of halogens is 3. The van der Waals surface area contributed by atoms with E-state index in [1.165, 1.54) is 12.1 Å². The van der Waals surface area contributed by atoms with Gasteiger partial charge in [0.25, 0.3) is 0 Å². The maximum atomic E-state index is 12.5. The first-order valence-electron chi connectivity index (χ1n) is 8.16. The fraction of sp³-hybridized carbons (Fsp3) is 0.588. The van der Waals surface area contributed by atoms with E-state index >= 15 is 0 Å². The number of nitrogens with zero attached hydrogens (tertiary/aromatic N) is 1. The second kappa shape index (κ2) is 7.88. The van der Waals surface area contributed by atoms with Gasteiger partial charge in [0.05, 0.1) is 0 Å². The van der Waals surface area contributed by atoms with Gasteiger partial charge in [0.15, 0.2) is 0 Å². The summed E-state index contributed by atoms with van der Waals surface area (Å²) in [4.78, 5) is 14.3. The van der Waals surface area contributed by atoms with Crippen molar-refractivity contribution in [1.82, 2.24) is 4.90 Å². The first-order chi connectivity index (χ1) is 11.3. The molecule has 1 aliphatic heterocycles. The van der Waals surface area contributed by atoms with Gasteiger partial charge >= 0.3 is 6.36 Å². The van der Waals surface area contributed by atoms with Crippen LogP contribution in [-0.2, 0) is 11.2 Å². The average Bonchev–Trinajstić information content (AvgIpc) is 2.52. The zero-order chi connectivity index (χ0) is 17.7. The molecule has 1 saturated heterocycles. The molecule has 0 aliphatic carbocycles. The number of rotatable bonds is 5. The van der Waals surface area contributed by atoms with Crippen LogP contribution in [0.4, 0.5) is 13.2 Å². The quantitative estimate of drug-likeness (QED) is 0.892. The van der Waals surface area contributed by atoms with E-state index in [9.17, 15) is 18.0 Å². The first-order valence-corrected chi connectivity index (χ1v) is 8.16. The molecule has 134 valence electrons. The highest BCUT2D eigenvalue weighted by atomic mass is 19.4. The Bertz CT molecular complexity index is 561. The summed E-state index contributed by atoms with van der Waals surface area (Å²) < 4.78 is 41.3. The summed E-state index contributed by atoms with van der Waals surface area (Å²) in [6.45, 7) is 2.54. The van der Waals surface area contributed by atoms with Crippen molar-refractivity contribution in [3.63, 3.8) is 0 Å². The minimum atomic E-state index is -4.74. The van der Waals surface area contributed by atoms with Crippen LogP contribution in [0.5, 0.6) is 5.75 Å². The number of carbonyl (C=O) groups excluding carboxylic acids is 1. The van der Waals surface area contributed by atoms with Crippen LogP contribution in [0, 0.1) is 0 Å². The van der Waals surface area contributed by atoms with Gasteiger partial charge in [-0.15, -0.1) is 13.2 Å². The van der Waals surface area contributed by atoms with E-state index in [4.69, 9.17) is 5.73 Å². The number of para-hydroxylation sites is 1. The maximum Gasteiger partial charge on any atom is 0.573 e. The molecule has 4 nitrogen and oxygen atoms in total. The summed E-state index contributed by atoms with van der Waals surface area (Å²) in [6.07, 6.45) is -1.56. The molecule has 1 amide bonds. The number of piperidine rings is 1. The molecular weight excluding hydrogens is 321 g/mol. The molecule has 2 atom stereocenters. The second-order valence-electron chi connectivity index (χ2n) is 6.16. The number of alkyl halides is 3. The van der Waals surface area contributed by atoms with Crippen molar-refractivity contribution in [2.75, 3.05) is 6.54 Å². The van der Waals surface area contributed by atoms with E-state index in [1.807, 2.05) is 6.92 Å². The highest BCUT2D eigenvalue weighted by Crippen LogP contribution is 2.27. The Morgan fingerprint density at radius 3 is 2.75 bits per heavy atom. The monoisotopic (exact) mass is 344 g/mol. The maximum absolute atomic E-state index is 12.5. The van der Waals surface area contributed by atoms with E-state index in [0.29, 0.717) is 12.1 Å². The predicted octanol–water partition coefficient (Wildman–Crippen LogP) is 3.25. The molecule has 1 fully saturated rings. The highest BCUT2D eigenvalue weighted by molar-refractivity contribution is 5.77. The molecule has 7 heteroatoms. The molecule has 1 aromatic rings. The van der Waals surface area contributed by atoms with Gasteiger partial charge in [0.2, 0.25) is 5.91 Å². The van der Waals surface area contributed by atoms with Crippen molar-refractivity contribution in [2.24, 2.45) is 5.73 Å². The third kappa shape index (κ3) is 5.12. The van der Waals surface area contributed by atoms with E-state index < -0.39 is 6.36 Å². The Labute approximate surface area is 139 Å². The minimum absolute atomic E-state index is 0.00733. The lowest BCUT2D eigenvalue weighted by atomic mass is 9.96. The summed E-state index contributed by atoms with van der Waals surface area (Å²) in [5.41, 5.74) is 6.33. The van der Waals surface area contributed by atoms with Gasteiger partial charge in [-0.05, 0) is 44.2 Å². The van der Waals surface area contributed by atoms with Crippen molar-refractivity contribution < 1.29 is 22.7 Å². The summed E-state index contributed by atoms with van der Waals surface area (Å²) in [6, 6.07) is 5.81. The molecule has 1 aromatic carbocycles. The smallest absolute Gasteiger partial charge is 0.406 e. The number of hydrogen-bond acceptors (Lipinski definition) is 3. The van der Waals surface area contributed by atoms with Crippen LogP contribution in [-0.4, -0.2) is 35.8 Å². The molecule has 0 aromatic heterocycles. The van der Waals surface area contributed by atoms with E-state index in [2.05, 4.69) is 4.74 Å². The Morgan fingerprint density at radius 1 is 1.38 bits per heavy atom. The van der Waals surface area contributed by atoms with Crippen molar-refractivity contribution in [3.8, 4) is 5.75 Å². The number of likely N-dealkylation sites (tertiary alicyclic amines) is 1. The van der Waals surface area contributed by atoms with Crippen LogP contribution in [0.15, 0.2) is 24.3 Å². The van der Waals surface area contributed by atoms with E-state index in [-0.39, 0.29) is 36.6 Å². The molecule has 0 radical (unpaired) electrons. The number of benzene rings is 1. The number of ether oxygens (including phenoxy) is 1. The molecule has 2 N–H and O–H groups in total. The van der Waals surface area contributed by atoms with Crippen LogP contribution >= 0.6 is 0 Å². The average molecular weight is 344 g/mol. The third-order valence-electron chi connectivity index (χ3n) is 4.28. The molecule has 0 spiro atoms. The number of aryl methyl sites for hydroxylation is 1. The van der Waals surface area contributed by atoms with E-state index in [1.54, 1.807) is 17.0 Å². The lowest BCUT2D eigenvalue weighted by Gasteiger charge is -2.38. The fourth-order valence-corrected chi connectivity index (χ4v) is 3.13. The van der Waals surface area contributed by atoms with Gasteiger partial charge < -0.3 is 15.4 Å². The molecule has 2 rings (SSSR count). The van der Waals surface area contributed by atoms with Crippen LogP contribution in [0.3, 0.4) is 0 Å². The molecule has 1 aliphatic rings. The Kier molecular flexibility index (Phi) is 6.10. The lowest BCUT2D eigenvalue weighted by Crippen LogP contribution is -2.51. The number of hydrogen-bond donors (Lipinski definition) is 1. The summed E-state index contributed by atoms with van der Waals surface area (Å²) >= 11 is 0. The van der Waals surface area contributed by atoms with Gasteiger partial charge in [-0.25, -0.2) is 0 Å². The predicted molar refractivity (Wildman–Crippen MR) is 84.4 cm³/mol. The van der Waals surface area contributed by atoms with Crippen molar-refractivity contribution >= 4 is 5.91 Å². The van der Waals surface area contributed by atoms with Gasteiger partial charge in [0, 0.05) is 25.0 Å². The molecule has 0 saturated carbocycles. The van der Waals surface area contributed by atoms with Crippen LogP contribution < -0.4 is 10.5 Å². The van der Waals surface area contributed by atoms with Crippen LogP contribution in [0.25, 0.3) is 0 Å². The van der Waals surface area contributed by atoms with Crippen LogP contribution in [0.2, 0.25) is 0 Å². The summed E-state index contributed by atoms with van der Waals surface area (Å²) in [5.74, 6) is -0.320. The van der Waals surface area contributed by atoms with Gasteiger partial charge in [-0.3, -0.25) is 4.79 Å². The largest absolute Gasteiger partial charge is 0.573 e. The molecule has 24 heavy (non-hydrogen) atoms. The first kappa shape index (κ1) is 18.6.